The fourth-order valence-electron chi connectivity index (χ4n) is 2.71. The number of hydrogen-bond acceptors (Lipinski definition) is 5. The quantitative estimate of drug-likeness (QED) is 0.876. The van der Waals surface area contributed by atoms with Gasteiger partial charge in [0.15, 0.2) is 0 Å². The van der Waals surface area contributed by atoms with Crippen LogP contribution in [0.4, 0.5) is 5.82 Å². The lowest BCUT2D eigenvalue weighted by Gasteiger charge is -2.32. The highest BCUT2D eigenvalue weighted by atomic mass is 16.2. The molecule has 1 amide bonds. The van der Waals surface area contributed by atoms with Gasteiger partial charge >= 0.3 is 0 Å². The van der Waals surface area contributed by atoms with Crippen molar-refractivity contribution in [2.75, 3.05) is 18.8 Å². The summed E-state index contributed by atoms with van der Waals surface area (Å²) in [5, 5.41) is 4.09. The number of anilines is 1. The molecule has 0 saturated carbocycles. The molecule has 1 fully saturated rings. The van der Waals surface area contributed by atoms with E-state index in [4.69, 9.17) is 5.73 Å². The summed E-state index contributed by atoms with van der Waals surface area (Å²) in [6, 6.07) is 5.82. The van der Waals surface area contributed by atoms with Crippen LogP contribution in [0.3, 0.4) is 0 Å². The molecule has 110 valence electrons. The molecule has 2 heterocycles. The van der Waals surface area contributed by atoms with Gasteiger partial charge in [0.1, 0.15) is 12.1 Å². The van der Waals surface area contributed by atoms with E-state index in [1.54, 1.807) is 0 Å². The highest BCUT2D eigenvalue weighted by molar-refractivity contribution is 5.88. The largest absolute Gasteiger partial charge is 0.383 e. The number of hydrogen-bond donors (Lipinski definition) is 2. The molecule has 0 aliphatic carbocycles. The number of nitrogen functional groups attached to an aromatic ring is 1. The summed E-state index contributed by atoms with van der Waals surface area (Å²) < 4.78 is 0. The van der Waals surface area contributed by atoms with Gasteiger partial charge in [-0.3, -0.25) is 4.79 Å². The SMILES string of the molecule is CC[C@@H]1NCCN(Cc2ccc3c(N)ncnc3c2)C1=O. The van der Waals surface area contributed by atoms with Crippen LogP contribution in [0.25, 0.3) is 10.9 Å². The number of carbonyl (C=O) groups excluding carboxylic acids is 1. The third-order valence-electron chi connectivity index (χ3n) is 3.90. The van der Waals surface area contributed by atoms with E-state index in [9.17, 15) is 4.79 Å². The van der Waals surface area contributed by atoms with Crippen LogP contribution in [0.5, 0.6) is 0 Å². The van der Waals surface area contributed by atoms with Crippen LogP contribution in [-0.4, -0.2) is 39.9 Å². The van der Waals surface area contributed by atoms with E-state index in [2.05, 4.69) is 15.3 Å². The first-order chi connectivity index (χ1) is 10.2. The van der Waals surface area contributed by atoms with Crippen molar-refractivity contribution in [3.05, 3.63) is 30.1 Å². The van der Waals surface area contributed by atoms with Gasteiger partial charge in [-0.05, 0) is 24.1 Å². The molecule has 21 heavy (non-hydrogen) atoms. The van der Waals surface area contributed by atoms with E-state index >= 15 is 0 Å². The number of benzene rings is 1. The third-order valence-corrected chi connectivity index (χ3v) is 3.90. The van der Waals surface area contributed by atoms with Crippen LogP contribution >= 0.6 is 0 Å². The van der Waals surface area contributed by atoms with Crippen LogP contribution in [0, 0.1) is 0 Å². The van der Waals surface area contributed by atoms with Gasteiger partial charge in [0.2, 0.25) is 5.91 Å². The molecule has 1 atom stereocenters. The normalized spacial score (nSPS) is 19.2. The van der Waals surface area contributed by atoms with Crippen molar-refractivity contribution in [1.29, 1.82) is 0 Å². The van der Waals surface area contributed by atoms with Gasteiger partial charge in [0.25, 0.3) is 0 Å². The maximum absolute atomic E-state index is 12.3. The summed E-state index contributed by atoms with van der Waals surface area (Å²) in [5.74, 6) is 0.655. The number of rotatable bonds is 3. The minimum atomic E-state index is -0.0582. The minimum absolute atomic E-state index is 0.0582. The van der Waals surface area contributed by atoms with Gasteiger partial charge in [0, 0.05) is 25.0 Å². The van der Waals surface area contributed by atoms with E-state index < -0.39 is 0 Å². The van der Waals surface area contributed by atoms with Gasteiger partial charge in [-0.15, -0.1) is 0 Å². The zero-order valence-electron chi connectivity index (χ0n) is 12.0. The van der Waals surface area contributed by atoms with E-state index in [0.29, 0.717) is 12.4 Å². The summed E-state index contributed by atoms with van der Waals surface area (Å²) in [5.41, 5.74) is 7.70. The zero-order chi connectivity index (χ0) is 14.8. The van der Waals surface area contributed by atoms with Gasteiger partial charge in [0.05, 0.1) is 11.6 Å². The summed E-state index contributed by atoms with van der Waals surface area (Å²) in [6.07, 6.45) is 2.28. The van der Waals surface area contributed by atoms with Crippen LogP contribution in [0.1, 0.15) is 18.9 Å². The van der Waals surface area contributed by atoms with Gasteiger partial charge in [-0.1, -0.05) is 13.0 Å². The minimum Gasteiger partial charge on any atom is -0.383 e. The topological polar surface area (TPSA) is 84.1 Å². The number of nitrogens with two attached hydrogens (primary N) is 1. The molecule has 3 N–H and O–H groups in total. The molecule has 1 aromatic heterocycles. The fraction of sp³-hybridized carbons (Fsp3) is 0.400. The molecule has 0 radical (unpaired) electrons. The predicted octanol–water partition coefficient (Wildman–Crippen LogP) is 0.922. The van der Waals surface area contributed by atoms with Crippen molar-refractivity contribution in [3.63, 3.8) is 0 Å². The van der Waals surface area contributed by atoms with Crippen LogP contribution in [-0.2, 0) is 11.3 Å². The van der Waals surface area contributed by atoms with Crippen LogP contribution in [0.15, 0.2) is 24.5 Å². The molecule has 0 spiro atoms. The summed E-state index contributed by atoms with van der Waals surface area (Å²) in [7, 11) is 0. The Morgan fingerprint density at radius 1 is 1.43 bits per heavy atom. The Bertz CT molecular complexity index is 672. The molecule has 1 saturated heterocycles. The molecule has 1 aromatic carbocycles. The van der Waals surface area contributed by atoms with Gasteiger partial charge < -0.3 is 16.0 Å². The molecule has 0 bridgehead atoms. The summed E-state index contributed by atoms with van der Waals surface area (Å²) >= 11 is 0. The lowest BCUT2D eigenvalue weighted by Crippen LogP contribution is -2.54. The molecule has 1 aliphatic rings. The van der Waals surface area contributed by atoms with Crippen LogP contribution < -0.4 is 11.1 Å². The first-order valence-electron chi connectivity index (χ1n) is 7.20. The van der Waals surface area contributed by atoms with Crippen molar-refractivity contribution >= 4 is 22.6 Å². The average molecular weight is 285 g/mol. The Morgan fingerprint density at radius 3 is 3.10 bits per heavy atom. The lowest BCUT2D eigenvalue weighted by molar-refractivity contribution is -0.136. The zero-order valence-corrected chi connectivity index (χ0v) is 12.0. The number of nitrogens with zero attached hydrogens (tertiary/aromatic N) is 3. The maximum Gasteiger partial charge on any atom is 0.240 e. The van der Waals surface area contributed by atoms with Crippen molar-refractivity contribution < 1.29 is 4.79 Å². The number of nitrogens with one attached hydrogen (secondary N) is 1. The number of carbonyl (C=O) groups is 1. The molecule has 6 nitrogen and oxygen atoms in total. The number of fused-ring (bicyclic) bond motifs is 1. The molecule has 0 unspecified atom stereocenters. The highest BCUT2D eigenvalue weighted by Crippen LogP contribution is 2.19. The second kappa shape index (κ2) is 5.65. The summed E-state index contributed by atoms with van der Waals surface area (Å²) in [4.78, 5) is 22.4. The number of amides is 1. The second-order valence-corrected chi connectivity index (χ2v) is 5.29. The molecular weight excluding hydrogens is 266 g/mol. The Morgan fingerprint density at radius 2 is 2.29 bits per heavy atom. The third kappa shape index (κ3) is 2.67. The summed E-state index contributed by atoms with van der Waals surface area (Å²) in [6.45, 7) is 4.21. The van der Waals surface area contributed by atoms with E-state index in [-0.39, 0.29) is 11.9 Å². The average Bonchev–Trinajstić information content (AvgIpc) is 2.49. The smallest absolute Gasteiger partial charge is 0.240 e. The maximum atomic E-state index is 12.3. The number of aromatic nitrogens is 2. The second-order valence-electron chi connectivity index (χ2n) is 5.29. The Kier molecular flexibility index (Phi) is 3.70. The van der Waals surface area contributed by atoms with Crippen molar-refractivity contribution in [3.8, 4) is 0 Å². The monoisotopic (exact) mass is 285 g/mol. The van der Waals surface area contributed by atoms with Crippen molar-refractivity contribution in [1.82, 2.24) is 20.2 Å². The van der Waals surface area contributed by atoms with E-state index in [1.807, 2.05) is 30.0 Å². The number of piperazine rings is 1. The van der Waals surface area contributed by atoms with Crippen LogP contribution in [0.2, 0.25) is 0 Å². The Balaban J connectivity index is 1.83. The molecule has 1 aliphatic heterocycles. The van der Waals surface area contributed by atoms with Gasteiger partial charge in [-0.2, -0.15) is 0 Å². The van der Waals surface area contributed by atoms with E-state index in [1.165, 1.54) is 6.33 Å². The standard InChI is InChI=1S/C15H19N5O/c1-2-12-15(21)20(6-5-17-12)8-10-3-4-11-13(7-10)18-9-19-14(11)16/h3-4,7,9,12,17H,2,5-6,8H2,1H3,(H2,16,18,19)/t12-/m0/s1. The molecule has 6 heteroatoms. The first-order valence-corrected chi connectivity index (χ1v) is 7.20. The van der Waals surface area contributed by atoms with E-state index in [0.717, 1.165) is 36.0 Å². The Hall–Kier alpha value is -2.21. The Labute approximate surface area is 123 Å². The first kappa shape index (κ1) is 13.8. The predicted molar refractivity (Wildman–Crippen MR) is 81.4 cm³/mol. The van der Waals surface area contributed by atoms with Crippen molar-refractivity contribution in [2.45, 2.75) is 25.9 Å². The molecular formula is C15H19N5O. The highest BCUT2D eigenvalue weighted by Gasteiger charge is 2.26. The molecule has 2 aromatic rings. The fourth-order valence-corrected chi connectivity index (χ4v) is 2.71. The molecule has 3 rings (SSSR count). The van der Waals surface area contributed by atoms with Crippen molar-refractivity contribution in [2.24, 2.45) is 0 Å². The lowest BCUT2D eigenvalue weighted by atomic mass is 10.1. The van der Waals surface area contributed by atoms with Gasteiger partial charge in [-0.25, -0.2) is 9.97 Å².